The van der Waals surface area contributed by atoms with E-state index in [4.69, 9.17) is 0 Å². The summed E-state index contributed by atoms with van der Waals surface area (Å²) in [6, 6.07) is 6.87. The summed E-state index contributed by atoms with van der Waals surface area (Å²) in [7, 11) is -3.53. The molecule has 9 heteroatoms. The number of piperazine rings is 1. The van der Waals surface area contributed by atoms with E-state index in [0.717, 1.165) is 38.3 Å². The third kappa shape index (κ3) is 4.59. The second-order valence-electron chi connectivity index (χ2n) is 7.75. The number of hydrogen-bond donors (Lipinski definition) is 0. The number of hydrogen-bond acceptors (Lipinski definition) is 7. The van der Waals surface area contributed by atoms with Gasteiger partial charge in [-0.15, -0.1) is 5.10 Å². The Morgan fingerprint density at radius 3 is 2.29 bits per heavy atom. The Bertz CT molecular complexity index is 870. The van der Waals surface area contributed by atoms with E-state index >= 15 is 0 Å². The molecule has 1 atom stereocenters. The average Bonchev–Trinajstić information content (AvgIpc) is 3.09. The lowest BCUT2D eigenvalue weighted by molar-refractivity contribution is 0.0724. The van der Waals surface area contributed by atoms with Gasteiger partial charge in [-0.3, -0.25) is 4.90 Å². The molecule has 0 radical (unpaired) electrons. The van der Waals surface area contributed by atoms with Crippen LogP contribution in [-0.4, -0.2) is 71.1 Å². The molecule has 1 aromatic heterocycles. The highest BCUT2D eigenvalue weighted by molar-refractivity contribution is 7.90. The van der Waals surface area contributed by atoms with Crippen molar-refractivity contribution in [1.82, 2.24) is 30.0 Å². The quantitative estimate of drug-likeness (QED) is 0.692. The van der Waals surface area contributed by atoms with Gasteiger partial charge in [0.25, 0.3) is 0 Å². The second kappa shape index (κ2) is 8.67. The van der Waals surface area contributed by atoms with Crippen LogP contribution in [0.2, 0.25) is 0 Å². The van der Waals surface area contributed by atoms with Crippen LogP contribution < -0.4 is 0 Å². The Hall–Kier alpha value is -1.84. The molecule has 1 fully saturated rings. The zero-order chi connectivity index (χ0) is 20.3. The standard InChI is InChI=1S/C19H30N6O2S/c1-5-23-10-12-24(13-11-23)18(15(2)3)19-20-21-22-25(19)14-28(26,27)17-8-6-16(4)7-9-17/h6-9,15,18H,5,10-14H2,1-4H3/t18-/m0/s1. The molecule has 1 aromatic carbocycles. The van der Waals surface area contributed by atoms with E-state index in [1.54, 1.807) is 24.3 Å². The van der Waals surface area contributed by atoms with Gasteiger partial charge >= 0.3 is 0 Å². The fourth-order valence-electron chi connectivity index (χ4n) is 3.74. The van der Waals surface area contributed by atoms with Crippen LogP contribution in [0.1, 0.15) is 38.2 Å². The zero-order valence-corrected chi connectivity index (χ0v) is 17.9. The van der Waals surface area contributed by atoms with Crippen molar-refractivity contribution in [2.24, 2.45) is 5.92 Å². The minimum absolute atomic E-state index is 0.0118. The summed E-state index contributed by atoms with van der Waals surface area (Å²) < 4.78 is 27.2. The van der Waals surface area contributed by atoms with Gasteiger partial charge in [-0.25, -0.2) is 13.1 Å². The smallest absolute Gasteiger partial charge is 0.198 e. The van der Waals surface area contributed by atoms with E-state index in [1.165, 1.54) is 4.68 Å². The zero-order valence-electron chi connectivity index (χ0n) is 17.1. The third-order valence-electron chi connectivity index (χ3n) is 5.38. The van der Waals surface area contributed by atoms with Gasteiger partial charge in [-0.05, 0) is 41.9 Å². The topological polar surface area (TPSA) is 84.2 Å². The van der Waals surface area contributed by atoms with E-state index in [9.17, 15) is 8.42 Å². The fourth-order valence-corrected chi connectivity index (χ4v) is 4.94. The number of nitrogens with zero attached hydrogens (tertiary/aromatic N) is 6. The Morgan fingerprint density at radius 1 is 1.07 bits per heavy atom. The van der Waals surface area contributed by atoms with Crippen molar-refractivity contribution in [2.75, 3.05) is 32.7 Å². The van der Waals surface area contributed by atoms with Gasteiger partial charge in [0.15, 0.2) is 21.5 Å². The van der Waals surface area contributed by atoms with Crippen molar-refractivity contribution < 1.29 is 8.42 Å². The molecular formula is C19H30N6O2S. The van der Waals surface area contributed by atoms with E-state index in [1.807, 2.05) is 6.92 Å². The molecule has 3 rings (SSSR count). The Labute approximate surface area is 167 Å². The van der Waals surface area contributed by atoms with Crippen molar-refractivity contribution >= 4 is 9.84 Å². The van der Waals surface area contributed by atoms with Crippen molar-refractivity contribution in [1.29, 1.82) is 0 Å². The molecule has 2 heterocycles. The summed E-state index contributed by atoms with van der Waals surface area (Å²) in [6.45, 7) is 13.3. The first-order valence-electron chi connectivity index (χ1n) is 9.83. The van der Waals surface area contributed by atoms with Crippen molar-refractivity contribution in [3.8, 4) is 0 Å². The lowest BCUT2D eigenvalue weighted by Gasteiger charge is -2.39. The Morgan fingerprint density at radius 2 is 1.71 bits per heavy atom. The molecule has 1 aliphatic heterocycles. The van der Waals surface area contributed by atoms with E-state index in [0.29, 0.717) is 5.82 Å². The summed E-state index contributed by atoms with van der Waals surface area (Å²) in [4.78, 5) is 5.08. The Kier molecular flexibility index (Phi) is 6.47. The van der Waals surface area contributed by atoms with Crippen LogP contribution >= 0.6 is 0 Å². The molecular weight excluding hydrogens is 376 g/mol. The highest BCUT2D eigenvalue weighted by Gasteiger charge is 2.32. The first-order chi connectivity index (χ1) is 13.3. The second-order valence-corrected chi connectivity index (χ2v) is 9.71. The molecule has 0 bridgehead atoms. The monoisotopic (exact) mass is 406 g/mol. The van der Waals surface area contributed by atoms with E-state index in [-0.39, 0.29) is 22.7 Å². The van der Waals surface area contributed by atoms with Crippen LogP contribution in [0.25, 0.3) is 0 Å². The predicted molar refractivity (Wildman–Crippen MR) is 107 cm³/mol. The van der Waals surface area contributed by atoms with Crippen LogP contribution in [0, 0.1) is 12.8 Å². The summed E-state index contributed by atoms with van der Waals surface area (Å²) in [6.07, 6.45) is 0. The summed E-state index contributed by atoms with van der Waals surface area (Å²) in [5, 5.41) is 12.0. The summed E-state index contributed by atoms with van der Waals surface area (Å²) >= 11 is 0. The molecule has 0 saturated carbocycles. The predicted octanol–water partition coefficient (Wildman–Crippen LogP) is 1.75. The maximum Gasteiger partial charge on any atom is 0.198 e. The summed E-state index contributed by atoms with van der Waals surface area (Å²) in [5.41, 5.74) is 1.02. The molecule has 0 aliphatic carbocycles. The van der Waals surface area contributed by atoms with Gasteiger partial charge in [-0.1, -0.05) is 38.5 Å². The normalized spacial score (nSPS) is 17.9. The minimum atomic E-state index is -3.53. The Balaban J connectivity index is 1.84. The van der Waals surface area contributed by atoms with Gasteiger partial charge in [0.1, 0.15) is 0 Å². The molecule has 0 amide bonds. The number of tetrazole rings is 1. The lowest BCUT2D eigenvalue weighted by Crippen LogP contribution is -2.49. The third-order valence-corrected chi connectivity index (χ3v) is 6.95. The van der Waals surface area contributed by atoms with Crippen LogP contribution in [0.15, 0.2) is 29.2 Å². The van der Waals surface area contributed by atoms with Crippen molar-refractivity contribution in [3.05, 3.63) is 35.7 Å². The number of aryl methyl sites for hydroxylation is 1. The number of likely N-dealkylation sites (N-methyl/N-ethyl adjacent to an activating group) is 1. The number of rotatable bonds is 7. The molecule has 1 aliphatic rings. The molecule has 0 unspecified atom stereocenters. The van der Waals surface area contributed by atoms with Crippen LogP contribution in [0.4, 0.5) is 0 Å². The maximum absolute atomic E-state index is 12.9. The van der Waals surface area contributed by atoms with Gasteiger partial charge < -0.3 is 4.90 Å². The highest BCUT2D eigenvalue weighted by Crippen LogP contribution is 2.28. The molecule has 154 valence electrons. The highest BCUT2D eigenvalue weighted by atomic mass is 32.2. The number of sulfone groups is 1. The average molecular weight is 407 g/mol. The molecule has 8 nitrogen and oxygen atoms in total. The van der Waals surface area contributed by atoms with Crippen molar-refractivity contribution in [2.45, 2.75) is 44.5 Å². The molecule has 0 spiro atoms. The maximum atomic E-state index is 12.9. The lowest BCUT2D eigenvalue weighted by atomic mass is 10.0. The van der Waals surface area contributed by atoms with Crippen LogP contribution in [0.3, 0.4) is 0 Å². The van der Waals surface area contributed by atoms with Gasteiger partial charge in [0.2, 0.25) is 0 Å². The number of aromatic nitrogens is 4. The first-order valence-corrected chi connectivity index (χ1v) is 11.5. The first kappa shape index (κ1) is 20.9. The molecule has 28 heavy (non-hydrogen) atoms. The minimum Gasteiger partial charge on any atom is -0.301 e. The summed E-state index contributed by atoms with van der Waals surface area (Å²) in [5.74, 6) is 0.631. The fraction of sp³-hybridized carbons (Fsp3) is 0.632. The SMILES string of the molecule is CCN1CCN([C@H](c2nnnn2CS(=O)(=O)c2ccc(C)cc2)C(C)C)CC1. The van der Waals surface area contributed by atoms with E-state index < -0.39 is 9.84 Å². The molecule has 0 N–H and O–H groups in total. The molecule has 2 aromatic rings. The van der Waals surface area contributed by atoms with Gasteiger partial charge in [-0.2, -0.15) is 0 Å². The number of benzene rings is 1. The van der Waals surface area contributed by atoms with Crippen LogP contribution in [0.5, 0.6) is 0 Å². The van der Waals surface area contributed by atoms with E-state index in [2.05, 4.69) is 46.1 Å². The molecule has 1 saturated heterocycles. The van der Waals surface area contributed by atoms with Gasteiger partial charge in [0, 0.05) is 26.2 Å². The van der Waals surface area contributed by atoms with Crippen LogP contribution in [-0.2, 0) is 15.7 Å². The van der Waals surface area contributed by atoms with Gasteiger partial charge in [0.05, 0.1) is 10.9 Å². The largest absolute Gasteiger partial charge is 0.301 e. The van der Waals surface area contributed by atoms with Crippen molar-refractivity contribution in [3.63, 3.8) is 0 Å².